The number of carboxylic acids is 1. The highest BCUT2D eigenvalue weighted by atomic mass is 16.5. The SMILES string of the molecule is COc1ccc(C[C@@H](CNC(=O)OCC2c3ccccc3-c3ccccc32)C(=O)O)cc1OC. The summed E-state index contributed by atoms with van der Waals surface area (Å²) in [7, 11) is 3.06. The molecule has 0 aromatic heterocycles. The van der Waals surface area contributed by atoms with E-state index in [0.29, 0.717) is 11.5 Å². The maximum absolute atomic E-state index is 12.4. The minimum atomic E-state index is -1.01. The van der Waals surface area contributed by atoms with Gasteiger partial charge in [-0.25, -0.2) is 4.79 Å². The van der Waals surface area contributed by atoms with Crippen LogP contribution in [0.5, 0.6) is 11.5 Å². The largest absolute Gasteiger partial charge is 0.493 e. The van der Waals surface area contributed by atoms with Crippen molar-refractivity contribution >= 4 is 12.1 Å². The summed E-state index contributed by atoms with van der Waals surface area (Å²) < 4.78 is 16.0. The summed E-state index contributed by atoms with van der Waals surface area (Å²) in [5.74, 6) is -0.795. The van der Waals surface area contributed by atoms with E-state index in [9.17, 15) is 14.7 Å². The number of rotatable bonds is 9. The molecule has 1 amide bonds. The van der Waals surface area contributed by atoms with Gasteiger partial charge in [0.25, 0.3) is 0 Å². The first-order chi connectivity index (χ1) is 16.5. The summed E-state index contributed by atoms with van der Waals surface area (Å²) in [6.07, 6.45) is -0.417. The number of amides is 1. The predicted molar refractivity (Wildman–Crippen MR) is 127 cm³/mol. The predicted octanol–water partition coefficient (Wildman–Crippen LogP) is 4.49. The van der Waals surface area contributed by atoms with Crippen LogP contribution in [0.4, 0.5) is 4.79 Å². The zero-order valence-electron chi connectivity index (χ0n) is 19.1. The van der Waals surface area contributed by atoms with Gasteiger partial charge in [-0.15, -0.1) is 0 Å². The van der Waals surface area contributed by atoms with Crippen LogP contribution >= 0.6 is 0 Å². The standard InChI is InChI=1S/C27H27NO6/c1-32-24-12-11-17(14-25(24)33-2)13-18(26(29)30)15-28-27(31)34-16-23-21-9-5-3-7-19(21)20-8-4-6-10-22(20)23/h3-12,14,18,23H,13,15-16H2,1-2H3,(H,28,31)(H,29,30)/t18-/m0/s1. The third kappa shape index (κ3) is 4.83. The van der Waals surface area contributed by atoms with Crippen molar-refractivity contribution in [1.29, 1.82) is 0 Å². The first-order valence-corrected chi connectivity index (χ1v) is 11.0. The van der Waals surface area contributed by atoms with Gasteiger partial charge in [0, 0.05) is 12.5 Å². The van der Waals surface area contributed by atoms with Crippen LogP contribution in [0.15, 0.2) is 66.7 Å². The van der Waals surface area contributed by atoms with Crippen molar-refractivity contribution in [2.24, 2.45) is 5.92 Å². The van der Waals surface area contributed by atoms with Gasteiger partial charge in [-0.05, 0) is 46.4 Å². The third-order valence-electron chi connectivity index (χ3n) is 6.12. The topological polar surface area (TPSA) is 94.1 Å². The lowest BCUT2D eigenvalue weighted by molar-refractivity contribution is -0.141. The van der Waals surface area contributed by atoms with E-state index in [2.05, 4.69) is 17.4 Å². The molecular weight excluding hydrogens is 434 g/mol. The van der Waals surface area contributed by atoms with Crippen molar-refractivity contribution < 1.29 is 28.9 Å². The third-order valence-corrected chi connectivity index (χ3v) is 6.12. The monoisotopic (exact) mass is 461 g/mol. The molecule has 0 fully saturated rings. The number of aliphatic carboxylic acids is 1. The zero-order valence-corrected chi connectivity index (χ0v) is 19.1. The van der Waals surface area contributed by atoms with Crippen molar-refractivity contribution in [3.63, 3.8) is 0 Å². The highest BCUT2D eigenvalue weighted by molar-refractivity contribution is 5.79. The Hall–Kier alpha value is -4.00. The highest BCUT2D eigenvalue weighted by Gasteiger charge is 2.29. The minimum Gasteiger partial charge on any atom is -0.493 e. The molecule has 0 radical (unpaired) electrons. The number of carbonyl (C=O) groups excluding carboxylic acids is 1. The second kappa shape index (κ2) is 10.3. The molecule has 0 heterocycles. The second-order valence-corrected chi connectivity index (χ2v) is 8.14. The van der Waals surface area contributed by atoms with Crippen LogP contribution in [0.3, 0.4) is 0 Å². The Morgan fingerprint density at radius 1 is 0.912 bits per heavy atom. The van der Waals surface area contributed by atoms with Crippen LogP contribution in [-0.4, -0.2) is 44.5 Å². The number of hydrogen-bond donors (Lipinski definition) is 2. The fourth-order valence-corrected chi connectivity index (χ4v) is 4.39. The Morgan fingerprint density at radius 2 is 1.53 bits per heavy atom. The van der Waals surface area contributed by atoms with Gasteiger partial charge in [0.2, 0.25) is 0 Å². The van der Waals surface area contributed by atoms with E-state index in [1.807, 2.05) is 36.4 Å². The fourth-order valence-electron chi connectivity index (χ4n) is 4.39. The molecule has 0 bridgehead atoms. The van der Waals surface area contributed by atoms with Gasteiger partial charge in [0.15, 0.2) is 11.5 Å². The summed E-state index contributed by atoms with van der Waals surface area (Å²) in [4.78, 5) is 24.2. The Balaban J connectivity index is 1.36. The summed E-state index contributed by atoms with van der Waals surface area (Å²) in [5.41, 5.74) is 5.29. The molecule has 0 saturated carbocycles. The molecule has 7 heteroatoms. The molecule has 2 N–H and O–H groups in total. The Kier molecular flexibility index (Phi) is 7.01. The molecule has 7 nitrogen and oxygen atoms in total. The normalized spacial score (nSPS) is 12.9. The first-order valence-electron chi connectivity index (χ1n) is 11.0. The van der Waals surface area contributed by atoms with Crippen LogP contribution in [0, 0.1) is 5.92 Å². The second-order valence-electron chi connectivity index (χ2n) is 8.14. The van der Waals surface area contributed by atoms with E-state index in [0.717, 1.165) is 27.8 Å². The molecule has 0 aliphatic heterocycles. The molecule has 34 heavy (non-hydrogen) atoms. The molecule has 1 atom stereocenters. The lowest BCUT2D eigenvalue weighted by Gasteiger charge is -2.17. The molecular formula is C27H27NO6. The highest BCUT2D eigenvalue weighted by Crippen LogP contribution is 2.44. The van der Waals surface area contributed by atoms with Crippen molar-refractivity contribution in [2.45, 2.75) is 12.3 Å². The number of benzene rings is 3. The number of alkyl carbamates (subject to hydrolysis) is 1. The maximum atomic E-state index is 12.4. The number of nitrogens with one attached hydrogen (secondary N) is 1. The molecule has 1 aliphatic rings. The van der Waals surface area contributed by atoms with Gasteiger partial charge < -0.3 is 24.6 Å². The number of hydrogen-bond acceptors (Lipinski definition) is 5. The van der Waals surface area contributed by atoms with Crippen LogP contribution in [0.2, 0.25) is 0 Å². The molecule has 3 aromatic rings. The van der Waals surface area contributed by atoms with Crippen molar-refractivity contribution in [1.82, 2.24) is 5.32 Å². The lowest BCUT2D eigenvalue weighted by Crippen LogP contribution is -2.35. The van der Waals surface area contributed by atoms with Crippen LogP contribution in [-0.2, 0) is 16.0 Å². The van der Waals surface area contributed by atoms with Crippen molar-refractivity contribution in [3.8, 4) is 22.6 Å². The zero-order chi connectivity index (χ0) is 24.1. The van der Waals surface area contributed by atoms with E-state index in [4.69, 9.17) is 14.2 Å². The summed E-state index contributed by atoms with van der Waals surface area (Å²) in [6.45, 7) is 0.119. The average molecular weight is 462 g/mol. The maximum Gasteiger partial charge on any atom is 0.407 e. The lowest BCUT2D eigenvalue weighted by atomic mass is 9.98. The molecule has 3 aromatic carbocycles. The Morgan fingerprint density at radius 3 is 2.12 bits per heavy atom. The summed E-state index contributed by atoms with van der Waals surface area (Å²) >= 11 is 0. The van der Waals surface area contributed by atoms with E-state index < -0.39 is 18.0 Å². The van der Waals surface area contributed by atoms with Gasteiger partial charge in [-0.1, -0.05) is 54.6 Å². The van der Waals surface area contributed by atoms with Gasteiger partial charge in [0.05, 0.1) is 20.1 Å². The number of fused-ring (bicyclic) bond motifs is 3. The number of methoxy groups -OCH3 is 2. The van der Waals surface area contributed by atoms with Gasteiger partial charge in [-0.2, -0.15) is 0 Å². The Bertz CT molecular complexity index is 1150. The molecule has 1 aliphatic carbocycles. The molecule has 176 valence electrons. The van der Waals surface area contributed by atoms with E-state index in [-0.39, 0.29) is 25.5 Å². The van der Waals surface area contributed by atoms with Crippen LogP contribution in [0.1, 0.15) is 22.6 Å². The first kappa shape index (κ1) is 23.2. The number of carboxylic acid groups (broad SMARTS) is 1. The molecule has 0 spiro atoms. The van der Waals surface area contributed by atoms with Crippen molar-refractivity contribution in [3.05, 3.63) is 83.4 Å². The number of ether oxygens (including phenoxy) is 3. The fraction of sp³-hybridized carbons (Fsp3) is 0.259. The molecule has 4 rings (SSSR count). The summed E-state index contributed by atoms with van der Waals surface area (Å²) in [5, 5.41) is 12.3. The Labute approximate surface area is 198 Å². The van der Waals surface area contributed by atoms with Gasteiger partial charge in [0.1, 0.15) is 6.61 Å². The van der Waals surface area contributed by atoms with E-state index >= 15 is 0 Å². The van der Waals surface area contributed by atoms with Gasteiger partial charge >= 0.3 is 12.1 Å². The smallest absolute Gasteiger partial charge is 0.407 e. The van der Waals surface area contributed by atoms with Crippen molar-refractivity contribution in [2.75, 3.05) is 27.4 Å². The van der Waals surface area contributed by atoms with Crippen LogP contribution < -0.4 is 14.8 Å². The minimum absolute atomic E-state index is 0.0552. The van der Waals surface area contributed by atoms with Gasteiger partial charge in [-0.3, -0.25) is 4.79 Å². The van der Waals surface area contributed by atoms with Crippen LogP contribution in [0.25, 0.3) is 11.1 Å². The quantitative estimate of drug-likeness (QED) is 0.488. The summed E-state index contributed by atoms with van der Waals surface area (Å²) in [6, 6.07) is 21.4. The van der Waals surface area contributed by atoms with E-state index in [1.165, 1.54) is 14.2 Å². The molecule has 0 unspecified atom stereocenters. The number of carbonyl (C=O) groups is 2. The average Bonchev–Trinajstić information content (AvgIpc) is 3.18. The van der Waals surface area contributed by atoms with E-state index in [1.54, 1.807) is 18.2 Å². The molecule has 0 saturated heterocycles.